The summed E-state index contributed by atoms with van der Waals surface area (Å²) in [7, 11) is 0. The largest absolute Gasteiger partial charge is 0.488 e. The third kappa shape index (κ3) is 7.06. The Bertz CT molecular complexity index is 1100. The highest BCUT2D eigenvalue weighted by atomic mass is 35.5. The standard InChI is InChI=1S/C27H29ClFN3O2/c1-3-32(4-2)22-15-14-21(18-30-31-27(33)16-13-20-9-6-5-7-10-20)26(17-22)34-19-23-24(28)11-8-12-25(23)29/h5-12,14-15,17-18H,3-4,13,16,19H2,1-2H3,(H,31,33)/b30-18-. The molecule has 0 fully saturated rings. The van der Waals surface area contributed by atoms with Crippen LogP contribution < -0.4 is 15.1 Å². The van der Waals surface area contributed by atoms with E-state index in [4.69, 9.17) is 16.3 Å². The highest BCUT2D eigenvalue weighted by molar-refractivity contribution is 6.31. The molecule has 3 aromatic carbocycles. The number of anilines is 1. The normalized spacial score (nSPS) is 10.9. The zero-order valence-electron chi connectivity index (χ0n) is 19.4. The summed E-state index contributed by atoms with van der Waals surface area (Å²) < 4.78 is 20.2. The van der Waals surface area contributed by atoms with Crippen molar-refractivity contribution in [3.8, 4) is 5.75 Å². The number of nitrogens with one attached hydrogen (secondary N) is 1. The summed E-state index contributed by atoms with van der Waals surface area (Å²) in [5.41, 5.74) is 5.58. The van der Waals surface area contributed by atoms with Gasteiger partial charge in [-0.25, -0.2) is 9.82 Å². The Morgan fingerprint density at radius 3 is 2.56 bits per heavy atom. The van der Waals surface area contributed by atoms with Gasteiger partial charge in [-0.05, 0) is 50.1 Å². The first-order valence-electron chi connectivity index (χ1n) is 11.3. The maximum Gasteiger partial charge on any atom is 0.240 e. The summed E-state index contributed by atoms with van der Waals surface area (Å²) in [6.07, 6.45) is 2.50. The van der Waals surface area contributed by atoms with Crippen LogP contribution in [-0.2, 0) is 17.8 Å². The van der Waals surface area contributed by atoms with Crippen LogP contribution in [0, 0.1) is 5.82 Å². The monoisotopic (exact) mass is 481 g/mol. The molecule has 0 heterocycles. The fraction of sp³-hybridized carbons (Fsp3) is 0.259. The van der Waals surface area contributed by atoms with Gasteiger partial charge in [0.25, 0.3) is 0 Å². The lowest BCUT2D eigenvalue weighted by Gasteiger charge is -2.22. The molecule has 0 aliphatic heterocycles. The average Bonchev–Trinajstić information content (AvgIpc) is 2.85. The molecule has 0 atom stereocenters. The summed E-state index contributed by atoms with van der Waals surface area (Å²) in [6.45, 7) is 5.78. The summed E-state index contributed by atoms with van der Waals surface area (Å²) >= 11 is 6.15. The average molecular weight is 482 g/mol. The van der Waals surface area contributed by atoms with Crippen molar-refractivity contribution in [2.45, 2.75) is 33.3 Å². The van der Waals surface area contributed by atoms with Crippen LogP contribution in [0.5, 0.6) is 5.75 Å². The van der Waals surface area contributed by atoms with Crippen LogP contribution in [0.25, 0.3) is 0 Å². The molecule has 1 amide bonds. The molecule has 1 N–H and O–H groups in total. The Hall–Kier alpha value is -3.38. The molecule has 0 saturated carbocycles. The molecule has 3 aromatic rings. The van der Waals surface area contributed by atoms with E-state index in [9.17, 15) is 9.18 Å². The maximum absolute atomic E-state index is 14.2. The molecule has 0 aromatic heterocycles. The second-order valence-electron chi connectivity index (χ2n) is 7.66. The van der Waals surface area contributed by atoms with Crippen LogP contribution in [0.4, 0.5) is 10.1 Å². The molecule has 178 valence electrons. The topological polar surface area (TPSA) is 53.9 Å². The smallest absolute Gasteiger partial charge is 0.240 e. The third-order valence-electron chi connectivity index (χ3n) is 5.44. The molecule has 0 bridgehead atoms. The van der Waals surface area contributed by atoms with Gasteiger partial charge in [0.2, 0.25) is 5.91 Å². The van der Waals surface area contributed by atoms with E-state index in [0.29, 0.717) is 29.2 Å². The van der Waals surface area contributed by atoms with Crippen LogP contribution >= 0.6 is 11.6 Å². The van der Waals surface area contributed by atoms with E-state index in [0.717, 1.165) is 24.3 Å². The summed E-state index contributed by atoms with van der Waals surface area (Å²) in [5, 5.41) is 4.41. The predicted molar refractivity (Wildman–Crippen MR) is 136 cm³/mol. The van der Waals surface area contributed by atoms with Gasteiger partial charge in [0, 0.05) is 42.4 Å². The highest BCUT2D eigenvalue weighted by Crippen LogP contribution is 2.27. The second kappa shape index (κ2) is 12.8. The summed E-state index contributed by atoms with van der Waals surface area (Å²) in [5.74, 6) is -0.0835. The van der Waals surface area contributed by atoms with Crippen LogP contribution in [0.3, 0.4) is 0 Å². The lowest BCUT2D eigenvalue weighted by atomic mass is 10.1. The molecular formula is C27H29ClFN3O2. The quantitative estimate of drug-likeness (QED) is 0.270. The molecule has 0 saturated heterocycles. The van der Waals surface area contributed by atoms with E-state index in [1.54, 1.807) is 12.1 Å². The SMILES string of the molecule is CCN(CC)c1ccc(/C=N\NC(=O)CCc2ccccc2)c(OCc2c(F)cccc2Cl)c1. The van der Waals surface area contributed by atoms with Crippen molar-refractivity contribution in [2.24, 2.45) is 5.10 Å². The van der Waals surface area contributed by atoms with Crippen molar-refractivity contribution in [1.82, 2.24) is 5.43 Å². The van der Waals surface area contributed by atoms with Gasteiger partial charge in [-0.15, -0.1) is 0 Å². The van der Waals surface area contributed by atoms with Gasteiger partial charge in [0.1, 0.15) is 18.2 Å². The first-order chi connectivity index (χ1) is 16.5. The van der Waals surface area contributed by atoms with Gasteiger partial charge in [0.05, 0.1) is 11.2 Å². The number of rotatable bonds is 11. The number of benzene rings is 3. The fourth-order valence-electron chi connectivity index (χ4n) is 3.49. The third-order valence-corrected chi connectivity index (χ3v) is 5.79. The van der Waals surface area contributed by atoms with E-state index in [2.05, 4.69) is 29.3 Å². The second-order valence-corrected chi connectivity index (χ2v) is 8.07. The first-order valence-corrected chi connectivity index (χ1v) is 11.7. The summed E-state index contributed by atoms with van der Waals surface area (Å²) in [6, 6.07) is 20.1. The van der Waals surface area contributed by atoms with Gasteiger partial charge in [0.15, 0.2) is 0 Å². The number of hydrogen-bond acceptors (Lipinski definition) is 4. The number of carbonyl (C=O) groups excluding carboxylic acids is 1. The van der Waals surface area contributed by atoms with Crippen LogP contribution in [-0.4, -0.2) is 25.2 Å². The first kappa shape index (κ1) is 25.2. The number of hydrogen-bond donors (Lipinski definition) is 1. The van der Waals surface area contributed by atoms with E-state index < -0.39 is 5.82 Å². The van der Waals surface area contributed by atoms with Crippen molar-refractivity contribution in [3.05, 3.63) is 94.3 Å². The van der Waals surface area contributed by atoms with E-state index in [1.165, 1.54) is 12.3 Å². The number of amides is 1. The van der Waals surface area contributed by atoms with Crippen molar-refractivity contribution in [1.29, 1.82) is 0 Å². The fourth-order valence-corrected chi connectivity index (χ4v) is 3.71. The van der Waals surface area contributed by atoms with Crippen LogP contribution in [0.2, 0.25) is 5.02 Å². The van der Waals surface area contributed by atoms with Gasteiger partial charge >= 0.3 is 0 Å². The van der Waals surface area contributed by atoms with E-state index in [-0.39, 0.29) is 18.1 Å². The minimum Gasteiger partial charge on any atom is -0.488 e. The minimum atomic E-state index is -0.423. The van der Waals surface area contributed by atoms with E-state index in [1.807, 2.05) is 48.5 Å². The zero-order valence-corrected chi connectivity index (χ0v) is 20.2. The lowest BCUT2D eigenvalue weighted by Crippen LogP contribution is -2.22. The number of hydrazone groups is 1. The summed E-state index contributed by atoms with van der Waals surface area (Å²) in [4.78, 5) is 14.4. The van der Waals surface area contributed by atoms with Gasteiger partial charge in [-0.3, -0.25) is 4.79 Å². The Morgan fingerprint density at radius 1 is 1.09 bits per heavy atom. The Balaban J connectivity index is 1.72. The number of ether oxygens (including phenoxy) is 1. The Morgan fingerprint density at radius 2 is 1.85 bits per heavy atom. The molecule has 34 heavy (non-hydrogen) atoms. The number of carbonyl (C=O) groups is 1. The molecule has 3 rings (SSSR count). The van der Waals surface area contributed by atoms with Crippen LogP contribution in [0.15, 0.2) is 71.8 Å². The number of halogens is 2. The van der Waals surface area contributed by atoms with Gasteiger partial charge < -0.3 is 9.64 Å². The minimum absolute atomic E-state index is 0.0303. The molecule has 0 aliphatic rings. The zero-order chi connectivity index (χ0) is 24.3. The number of nitrogens with zero attached hydrogens (tertiary/aromatic N) is 2. The van der Waals surface area contributed by atoms with Crippen LogP contribution in [0.1, 0.15) is 37.0 Å². The molecule has 0 unspecified atom stereocenters. The highest BCUT2D eigenvalue weighted by Gasteiger charge is 2.12. The molecular weight excluding hydrogens is 453 g/mol. The van der Waals surface area contributed by atoms with Gasteiger partial charge in [-0.1, -0.05) is 48.0 Å². The predicted octanol–water partition coefficient (Wildman–Crippen LogP) is 5.99. The van der Waals surface area contributed by atoms with Crippen molar-refractivity contribution < 1.29 is 13.9 Å². The number of aryl methyl sites for hydroxylation is 1. The molecule has 7 heteroatoms. The Labute approximate surface area is 205 Å². The van der Waals surface area contributed by atoms with Crippen molar-refractivity contribution >= 4 is 29.4 Å². The maximum atomic E-state index is 14.2. The molecule has 0 radical (unpaired) electrons. The van der Waals surface area contributed by atoms with E-state index >= 15 is 0 Å². The lowest BCUT2D eigenvalue weighted by molar-refractivity contribution is -0.121. The molecule has 5 nitrogen and oxygen atoms in total. The van der Waals surface area contributed by atoms with Gasteiger partial charge in [-0.2, -0.15) is 5.10 Å². The van der Waals surface area contributed by atoms with Crippen molar-refractivity contribution in [2.75, 3.05) is 18.0 Å². The molecule has 0 spiro atoms. The Kier molecular flexibility index (Phi) is 9.47. The molecule has 0 aliphatic carbocycles. The van der Waals surface area contributed by atoms with Crippen molar-refractivity contribution in [3.63, 3.8) is 0 Å².